The summed E-state index contributed by atoms with van der Waals surface area (Å²) in [5.74, 6) is 0.871. The normalized spacial score (nSPS) is 11.3. The Morgan fingerprint density at radius 1 is 0.296 bits per heavy atom. The summed E-state index contributed by atoms with van der Waals surface area (Å²) >= 11 is 0. The van der Waals surface area contributed by atoms with Gasteiger partial charge >= 0.3 is 0 Å². The molecule has 0 amide bonds. The molecule has 0 aliphatic carbocycles. The molecule has 10 rings (SSSR count). The van der Waals surface area contributed by atoms with E-state index < -0.39 is 0 Å². The van der Waals surface area contributed by atoms with Gasteiger partial charge in [-0.1, -0.05) is 158 Å². The van der Waals surface area contributed by atoms with Crippen molar-refractivity contribution < 1.29 is 4.42 Å². The average Bonchev–Trinajstić information content (AvgIpc) is 3.69. The standard InChI is InChI=1S/C52H35NO/c1-2-12-36(13-3-1)37-22-28-42(29-23-37)53(44-32-26-39(27-33-44)50-34-40-14-4-6-17-46(40)47-18-8-9-19-48(47)50)43-30-24-38(25-31-43)45-16-7-10-20-49(45)52-35-41-15-5-11-21-51(41)54-52/h1-35H. The van der Waals surface area contributed by atoms with Gasteiger partial charge in [0.15, 0.2) is 0 Å². The van der Waals surface area contributed by atoms with E-state index in [-0.39, 0.29) is 0 Å². The molecule has 2 nitrogen and oxygen atoms in total. The van der Waals surface area contributed by atoms with Crippen molar-refractivity contribution >= 4 is 49.6 Å². The molecule has 0 unspecified atom stereocenters. The lowest BCUT2D eigenvalue weighted by atomic mass is 9.93. The molecule has 9 aromatic carbocycles. The molecule has 0 atom stereocenters. The van der Waals surface area contributed by atoms with Crippen molar-refractivity contribution in [2.75, 3.05) is 4.90 Å². The van der Waals surface area contributed by atoms with E-state index in [1.807, 2.05) is 18.2 Å². The van der Waals surface area contributed by atoms with Gasteiger partial charge in [-0.15, -0.1) is 0 Å². The van der Waals surface area contributed by atoms with Crippen molar-refractivity contribution in [1.29, 1.82) is 0 Å². The topological polar surface area (TPSA) is 16.4 Å². The van der Waals surface area contributed by atoms with Gasteiger partial charge < -0.3 is 9.32 Å². The molecule has 254 valence electrons. The Kier molecular flexibility index (Phi) is 7.85. The predicted molar refractivity (Wildman–Crippen MR) is 228 cm³/mol. The number of benzene rings is 9. The Labute approximate surface area is 314 Å². The maximum atomic E-state index is 6.31. The number of hydrogen-bond acceptors (Lipinski definition) is 2. The summed E-state index contributed by atoms with van der Waals surface area (Å²) in [7, 11) is 0. The first kappa shape index (κ1) is 31.6. The highest BCUT2D eigenvalue weighted by atomic mass is 16.3. The van der Waals surface area contributed by atoms with Gasteiger partial charge in [0.2, 0.25) is 0 Å². The molecular formula is C52H35NO. The summed E-state index contributed by atoms with van der Waals surface area (Å²) in [6.45, 7) is 0. The fourth-order valence-corrected chi connectivity index (χ4v) is 7.82. The van der Waals surface area contributed by atoms with Gasteiger partial charge in [0, 0.05) is 28.0 Å². The minimum Gasteiger partial charge on any atom is -0.456 e. The van der Waals surface area contributed by atoms with Crippen LogP contribution in [0.2, 0.25) is 0 Å². The summed E-state index contributed by atoms with van der Waals surface area (Å²) in [6.07, 6.45) is 0. The van der Waals surface area contributed by atoms with Crippen LogP contribution in [0.4, 0.5) is 17.1 Å². The second-order valence-corrected chi connectivity index (χ2v) is 13.7. The summed E-state index contributed by atoms with van der Waals surface area (Å²) in [6, 6.07) is 75.8. The first-order valence-corrected chi connectivity index (χ1v) is 18.4. The van der Waals surface area contributed by atoms with Crippen molar-refractivity contribution in [1.82, 2.24) is 0 Å². The molecule has 0 saturated carbocycles. The van der Waals surface area contributed by atoms with Gasteiger partial charge in [-0.25, -0.2) is 0 Å². The third kappa shape index (κ3) is 5.71. The Bertz CT molecular complexity index is 2870. The zero-order valence-electron chi connectivity index (χ0n) is 29.6. The summed E-state index contributed by atoms with van der Waals surface area (Å²) < 4.78 is 6.31. The van der Waals surface area contributed by atoms with Gasteiger partial charge in [0.1, 0.15) is 11.3 Å². The van der Waals surface area contributed by atoms with E-state index >= 15 is 0 Å². The van der Waals surface area contributed by atoms with E-state index in [1.165, 1.54) is 43.8 Å². The van der Waals surface area contributed by atoms with Gasteiger partial charge in [-0.05, 0) is 110 Å². The number of para-hydroxylation sites is 1. The van der Waals surface area contributed by atoms with Crippen molar-refractivity contribution in [3.05, 3.63) is 212 Å². The summed E-state index contributed by atoms with van der Waals surface area (Å²) in [5, 5.41) is 6.17. The van der Waals surface area contributed by atoms with Gasteiger partial charge in [-0.2, -0.15) is 0 Å². The van der Waals surface area contributed by atoms with Crippen LogP contribution in [0.3, 0.4) is 0 Å². The fraction of sp³-hybridized carbons (Fsp3) is 0. The molecule has 2 heteroatoms. The smallest absolute Gasteiger partial charge is 0.136 e. The molecule has 0 bridgehead atoms. The lowest BCUT2D eigenvalue weighted by molar-refractivity contribution is 0.632. The van der Waals surface area contributed by atoms with E-state index in [0.29, 0.717) is 0 Å². The first-order valence-electron chi connectivity index (χ1n) is 18.4. The van der Waals surface area contributed by atoms with Crippen molar-refractivity contribution in [2.45, 2.75) is 0 Å². The highest BCUT2D eigenvalue weighted by molar-refractivity contribution is 6.13. The molecule has 0 spiro atoms. The van der Waals surface area contributed by atoms with E-state index in [0.717, 1.165) is 50.5 Å². The number of fused-ring (bicyclic) bond motifs is 4. The maximum Gasteiger partial charge on any atom is 0.136 e. The van der Waals surface area contributed by atoms with Crippen LogP contribution in [0.5, 0.6) is 0 Å². The zero-order chi connectivity index (χ0) is 35.8. The fourth-order valence-electron chi connectivity index (χ4n) is 7.82. The molecule has 1 heterocycles. The quantitative estimate of drug-likeness (QED) is 0.155. The Hall–Kier alpha value is -7.16. The lowest BCUT2D eigenvalue weighted by Gasteiger charge is -2.26. The Balaban J connectivity index is 1.05. The van der Waals surface area contributed by atoms with Crippen molar-refractivity contribution in [3.63, 3.8) is 0 Å². The molecule has 0 aliphatic heterocycles. The Morgan fingerprint density at radius 3 is 1.44 bits per heavy atom. The van der Waals surface area contributed by atoms with Crippen LogP contribution in [-0.4, -0.2) is 0 Å². The van der Waals surface area contributed by atoms with Gasteiger partial charge in [-0.3, -0.25) is 0 Å². The first-order chi connectivity index (χ1) is 26.8. The summed E-state index contributed by atoms with van der Waals surface area (Å²) in [5.41, 5.74) is 12.3. The second-order valence-electron chi connectivity index (χ2n) is 13.7. The molecule has 1 aromatic heterocycles. The van der Waals surface area contributed by atoms with E-state index in [4.69, 9.17) is 4.42 Å². The largest absolute Gasteiger partial charge is 0.456 e. The molecule has 54 heavy (non-hydrogen) atoms. The highest BCUT2D eigenvalue weighted by Crippen LogP contribution is 2.41. The van der Waals surface area contributed by atoms with Crippen LogP contribution >= 0.6 is 0 Å². The lowest BCUT2D eigenvalue weighted by Crippen LogP contribution is -2.09. The molecule has 0 N–H and O–H groups in total. The van der Waals surface area contributed by atoms with Gasteiger partial charge in [0.05, 0.1) is 0 Å². The van der Waals surface area contributed by atoms with E-state index in [1.54, 1.807) is 0 Å². The minimum absolute atomic E-state index is 0.871. The second kappa shape index (κ2) is 13.4. The number of anilines is 3. The number of hydrogen-bond donors (Lipinski definition) is 0. The van der Waals surface area contributed by atoms with E-state index in [9.17, 15) is 0 Å². The van der Waals surface area contributed by atoms with Crippen molar-refractivity contribution in [3.8, 4) is 44.7 Å². The number of nitrogens with zero attached hydrogens (tertiary/aromatic N) is 1. The molecule has 0 aliphatic rings. The van der Waals surface area contributed by atoms with Crippen LogP contribution in [0.1, 0.15) is 0 Å². The molecule has 0 fully saturated rings. The van der Waals surface area contributed by atoms with Crippen LogP contribution < -0.4 is 4.90 Å². The zero-order valence-corrected chi connectivity index (χ0v) is 29.6. The molecule has 0 saturated heterocycles. The SMILES string of the molecule is c1ccc(-c2ccc(N(c3ccc(-c4ccccc4-c4cc5ccccc5o4)cc3)c3ccc(-c4cc5ccccc5c5ccccc45)cc3)cc2)cc1. The van der Waals surface area contributed by atoms with E-state index in [2.05, 4.69) is 199 Å². The predicted octanol–water partition coefficient (Wildman–Crippen LogP) is 14.9. The van der Waals surface area contributed by atoms with Crippen LogP contribution in [0, 0.1) is 0 Å². The highest BCUT2D eigenvalue weighted by Gasteiger charge is 2.17. The molecule has 0 radical (unpaired) electrons. The third-order valence-corrected chi connectivity index (χ3v) is 10.5. The van der Waals surface area contributed by atoms with Crippen molar-refractivity contribution in [2.24, 2.45) is 0 Å². The van der Waals surface area contributed by atoms with Crippen LogP contribution in [0.15, 0.2) is 217 Å². The number of rotatable bonds is 7. The number of furan rings is 1. The van der Waals surface area contributed by atoms with Gasteiger partial charge in [0.25, 0.3) is 0 Å². The molecule has 10 aromatic rings. The van der Waals surface area contributed by atoms with Crippen LogP contribution in [0.25, 0.3) is 77.2 Å². The van der Waals surface area contributed by atoms with Crippen LogP contribution in [-0.2, 0) is 0 Å². The molecular weight excluding hydrogens is 655 g/mol. The summed E-state index contributed by atoms with van der Waals surface area (Å²) in [4.78, 5) is 2.34. The minimum atomic E-state index is 0.871. The maximum absolute atomic E-state index is 6.31. The Morgan fingerprint density at radius 2 is 0.778 bits per heavy atom. The average molecular weight is 690 g/mol. The third-order valence-electron chi connectivity index (χ3n) is 10.5. The monoisotopic (exact) mass is 689 g/mol.